The van der Waals surface area contributed by atoms with Gasteiger partial charge in [-0.3, -0.25) is 10.1 Å². The third kappa shape index (κ3) is 3.94. The molecule has 120 valence electrons. The number of nitrogens with one attached hydrogen (secondary N) is 2. The minimum atomic E-state index is -0.735. The summed E-state index contributed by atoms with van der Waals surface area (Å²) in [4.78, 5) is 26.3. The van der Waals surface area contributed by atoms with Gasteiger partial charge in [-0.1, -0.05) is 0 Å². The number of carbonyl (C=O) groups excluding carboxylic acids is 2. The maximum atomic E-state index is 12.9. The SMILES string of the molecule is COC(=O)NC(=O)[C@@H](C)[NH+]1CCN(c2ccc(F)cc2)CC1. The first-order valence-corrected chi connectivity index (χ1v) is 7.25. The number of hydrogen-bond donors (Lipinski definition) is 2. The van der Waals surface area contributed by atoms with E-state index in [0.717, 1.165) is 36.8 Å². The summed E-state index contributed by atoms with van der Waals surface area (Å²) in [5.41, 5.74) is 0.979. The average Bonchev–Trinajstić information content (AvgIpc) is 2.55. The monoisotopic (exact) mass is 310 g/mol. The summed E-state index contributed by atoms with van der Waals surface area (Å²) in [6.45, 7) is 4.88. The minimum Gasteiger partial charge on any atom is -0.453 e. The summed E-state index contributed by atoms with van der Waals surface area (Å²) in [5.74, 6) is -0.585. The summed E-state index contributed by atoms with van der Waals surface area (Å²) in [7, 11) is 1.22. The van der Waals surface area contributed by atoms with E-state index in [9.17, 15) is 14.0 Å². The lowest BCUT2D eigenvalue weighted by atomic mass is 10.2. The Balaban J connectivity index is 1.87. The van der Waals surface area contributed by atoms with Crippen molar-refractivity contribution in [3.8, 4) is 0 Å². The number of piperazine rings is 1. The van der Waals surface area contributed by atoms with Gasteiger partial charge in [0.2, 0.25) is 0 Å². The number of alkyl carbamates (subject to hydrolysis) is 1. The van der Waals surface area contributed by atoms with Gasteiger partial charge in [0.25, 0.3) is 5.91 Å². The van der Waals surface area contributed by atoms with E-state index in [-0.39, 0.29) is 17.8 Å². The number of carbonyl (C=O) groups is 2. The zero-order valence-electron chi connectivity index (χ0n) is 12.8. The molecule has 2 rings (SSSR count). The second-order valence-corrected chi connectivity index (χ2v) is 5.32. The molecular weight excluding hydrogens is 289 g/mol. The highest BCUT2D eigenvalue weighted by molar-refractivity contribution is 5.93. The molecule has 0 bridgehead atoms. The van der Waals surface area contributed by atoms with Crippen LogP contribution in [0.25, 0.3) is 0 Å². The molecule has 6 nitrogen and oxygen atoms in total. The fourth-order valence-electron chi connectivity index (χ4n) is 2.58. The largest absolute Gasteiger partial charge is 0.453 e. The van der Waals surface area contributed by atoms with Crippen LogP contribution in [0.1, 0.15) is 6.92 Å². The van der Waals surface area contributed by atoms with E-state index in [1.807, 2.05) is 0 Å². The first-order chi connectivity index (χ1) is 10.5. The maximum absolute atomic E-state index is 12.9. The van der Waals surface area contributed by atoms with Crippen LogP contribution in [0.3, 0.4) is 0 Å². The van der Waals surface area contributed by atoms with Gasteiger partial charge in [-0.25, -0.2) is 9.18 Å². The molecule has 1 aromatic carbocycles. The van der Waals surface area contributed by atoms with E-state index in [0.29, 0.717) is 0 Å². The van der Waals surface area contributed by atoms with Gasteiger partial charge in [-0.15, -0.1) is 0 Å². The highest BCUT2D eigenvalue weighted by atomic mass is 19.1. The molecule has 1 aliphatic heterocycles. The van der Waals surface area contributed by atoms with Gasteiger partial charge in [0.1, 0.15) is 5.82 Å². The quantitative estimate of drug-likeness (QED) is 0.812. The standard InChI is InChI=1S/C15H20FN3O3/c1-11(14(20)17-15(21)22-2)18-7-9-19(10-8-18)13-5-3-12(16)4-6-13/h3-6,11H,7-10H2,1-2H3,(H,17,20,21)/p+1/t11-/m1/s1. The summed E-state index contributed by atoms with van der Waals surface area (Å²) in [5, 5.41) is 2.20. The van der Waals surface area contributed by atoms with Crippen molar-refractivity contribution in [1.29, 1.82) is 0 Å². The maximum Gasteiger partial charge on any atom is 0.413 e. The Labute approximate surface area is 128 Å². The van der Waals surface area contributed by atoms with Gasteiger partial charge in [0, 0.05) is 5.69 Å². The molecule has 1 atom stereocenters. The molecule has 0 saturated carbocycles. The molecule has 1 aliphatic rings. The van der Waals surface area contributed by atoms with Crippen LogP contribution in [0.4, 0.5) is 14.9 Å². The van der Waals surface area contributed by atoms with Crippen LogP contribution in [-0.4, -0.2) is 51.3 Å². The molecular formula is C15H21FN3O3+. The second kappa shape index (κ2) is 7.22. The van der Waals surface area contributed by atoms with E-state index in [1.54, 1.807) is 19.1 Å². The molecule has 2 N–H and O–H groups in total. The molecule has 7 heteroatoms. The number of anilines is 1. The number of halogens is 1. The number of ether oxygens (including phenoxy) is 1. The van der Waals surface area contributed by atoms with Gasteiger partial charge in [-0.05, 0) is 31.2 Å². The lowest BCUT2D eigenvalue weighted by Gasteiger charge is -2.35. The zero-order chi connectivity index (χ0) is 16.1. The Kier molecular flexibility index (Phi) is 5.32. The number of benzene rings is 1. The smallest absolute Gasteiger partial charge is 0.413 e. The van der Waals surface area contributed by atoms with Crippen molar-refractivity contribution in [2.24, 2.45) is 0 Å². The number of hydrogen-bond acceptors (Lipinski definition) is 4. The first-order valence-electron chi connectivity index (χ1n) is 7.25. The summed E-state index contributed by atoms with van der Waals surface area (Å²) < 4.78 is 17.4. The van der Waals surface area contributed by atoms with E-state index < -0.39 is 6.09 Å². The molecule has 1 aromatic rings. The molecule has 2 amide bonds. The molecule has 0 unspecified atom stereocenters. The van der Waals surface area contributed by atoms with E-state index in [1.165, 1.54) is 19.2 Å². The molecule has 1 saturated heterocycles. The predicted molar refractivity (Wildman–Crippen MR) is 79.3 cm³/mol. The molecule has 22 heavy (non-hydrogen) atoms. The van der Waals surface area contributed by atoms with Crippen LogP contribution < -0.4 is 15.1 Å². The molecule has 0 aromatic heterocycles. The normalized spacial score (nSPS) is 17.0. The Morgan fingerprint density at radius 3 is 2.41 bits per heavy atom. The van der Waals surface area contributed by atoms with Crippen LogP contribution >= 0.6 is 0 Å². The number of quaternary nitrogens is 1. The average molecular weight is 310 g/mol. The Hall–Kier alpha value is -2.15. The number of amides is 2. The van der Waals surface area contributed by atoms with E-state index in [2.05, 4.69) is 15.0 Å². The zero-order valence-corrected chi connectivity index (χ0v) is 12.8. The van der Waals surface area contributed by atoms with E-state index in [4.69, 9.17) is 0 Å². The van der Waals surface area contributed by atoms with Crippen LogP contribution in [0.15, 0.2) is 24.3 Å². The van der Waals surface area contributed by atoms with E-state index >= 15 is 0 Å². The predicted octanol–water partition coefficient (Wildman–Crippen LogP) is -0.198. The summed E-state index contributed by atoms with van der Waals surface area (Å²) >= 11 is 0. The van der Waals surface area contributed by atoms with Crippen LogP contribution in [0.5, 0.6) is 0 Å². The van der Waals surface area contributed by atoms with Crippen LogP contribution in [0.2, 0.25) is 0 Å². The number of rotatable bonds is 3. The lowest BCUT2D eigenvalue weighted by Crippen LogP contribution is -3.19. The van der Waals surface area contributed by atoms with Gasteiger partial charge >= 0.3 is 6.09 Å². The Morgan fingerprint density at radius 2 is 1.86 bits per heavy atom. The third-order valence-electron chi connectivity index (χ3n) is 4.01. The Morgan fingerprint density at radius 1 is 1.27 bits per heavy atom. The van der Waals surface area contributed by atoms with Gasteiger partial charge in [0.15, 0.2) is 6.04 Å². The van der Waals surface area contributed by atoms with Crippen molar-refractivity contribution < 1.29 is 23.6 Å². The molecule has 0 spiro atoms. The molecule has 1 fully saturated rings. The van der Waals surface area contributed by atoms with Crippen molar-refractivity contribution in [3.63, 3.8) is 0 Å². The van der Waals surface area contributed by atoms with Gasteiger partial charge < -0.3 is 14.5 Å². The van der Waals surface area contributed by atoms with Crippen molar-refractivity contribution in [1.82, 2.24) is 5.32 Å². The Bertz CT molecular complexity index is 527. The van der Waals surface area contributed by atoms with Crippen molar-refractivity contribution in [3.05, 3.63) is 30.1 Å². The fourth-order valence-corrected chi connectivity index (χ4v) is 2.58. The number of imide groups is 1. The molecule has 0 aliphatic carbocycles. The lowest BCUT2D eigenvalue weighted by molar-refractivity contribution is -0.914. The third-order valence-corrected chi connectivity index (χ3v) is 4.01. The van der Waals surface area contributed by atoms with Crippen molar-refractivity contribution >= 4 is 17.7 Å². The fraction of sp³-hybridized carbons (Fsp3) is 0.467. The highest BCUT2D eigenvalue weighted by Gasteiger charge is 2.30. The second-order valence-electron chi connectivity index (χ2n) is 5.32. The summed E-state index contributed by atoms with van der Waals surface area (Å²) in [6, 6.07) is 6.08. The number of methoxy groups -OCH3 is 1. The summed E-state index contributed by atoms with van der Waals surface area (Å²) in [6.07, 6.45) is -0.735. The molecule has 1 heterocycles. The molecule has 0 radical (unpaired) electrons. The van der Waals surface area contributed by atoms with Crippen molar-refractivity contribution in [2.75, 3.05) is 38.2 Å². The topological polar surface area (TPSA) is 63.1 Å². The van der Waals surface area contributed by atoms with Gasteiger partial charge in [-0.2, -0.15) is 0 Å². The number of nitrogens with zero attached hydrogens (tertiary/aromatic N) is 1. The minimum absolute atomic E-state index is 0.249. The van der Waals surface area contributed by atoms with Gasteiger partial charge in [0.05, 0.1) is 33.3 Å². The van der Waals surface area contributed by atoms with Crippen LogP contribution in [-0.2, 0) is 9.53 Å². The first kappa shape index (κ1) is 16.2. The van der Waals surface area contributed by atoms with Crippen LogP contribution in [0, 0.1) is 5.82 Å². The van der Waals surface area contributed by atoms with Crippen molar-refractivity contribution in [2.45, 2.75) is 13.0 Å². The highest BCUT2D eigenvalue weighted by Crippen LogP contribution is 2.14.